The molecule has 0 aliphatic rings. The van der Waals surface area contributed by atoms with Crippen LogP contribution in [0.25, 0.3) is 65.3 Å². The summed E-state index contributed by atoms with van der Waals surface area (Å²) in [5.41, 5.74) is 7.16. The second kappa shape index (κ2) is 12.4. The molecule has 8 aromatic carbocycles. The molecule has 9 aromatic rings. The number of nitrogens with zero attached hydrogens (tertiary/aromatic N) is 2. The molecule has 1 aromatic heterocycles. The van der Waals surface area contributed by atoms with E-state index in [2.05, 4.69) is 201 Å². The first-order chi connectivity index (χ1) is 25.0. The van der Waals surface area contributed by atoms with Crippen molar-refractivity contribution in [2.24, 2.45) is 0 Å². The zero-order valence-corrected chi connectivity index (χ0v) is 30.1. The van der Waals surface area contributed by atoms with Gasteiger partial charge in [-0.05, 0) is 107 Å². The molecule has 0 amide bonds. The number of benzene rings is 8. The van der Waals surface area contributed by atoms with Crippen LogP contribution in [0.4, 0.5) is 17.2 Å². The maximum absolute atomic E-state index is 5.00. The van der Waals surface area contributed by atoms with Crippen molar-refractivity contribution >= 4 is 73.5 Å². The highest BCUT2D eigenvalue weighted by Gasteiger charge is 2.21. The van der Waals surface area contributed by atoms with Gasteiger partial charge in [-0.3, -0.25) is 4.90 Å². The molecule has 0 fully saturated rings. The Morgan fingerprint density at radius 2 is 0.941 bits per heavy atom. The summed E-state index contributed by atoms with van der Waals surface area (Å²) in [6.07, 6.45) is 2.07. The Hall–Kier alpha value is -6.03. The average Bonchev–Trinajstić information content (AvgIpc) is 3.17. The number of para-hydroxylation sites is 1. The minimum atomic E-state index is -1.47. The van der Waals surface area contributed by atoms with Crippen LogP contribution in [0.15, 0.2) is 176 Å². The molecule has 0 bridgehead atoms. The summed E-state index contributed by atoms with van der Waals surface area (Å²) in [6.45, 7) is 7.09. The molecule has 0 atom stereocenters. The molecule has 3 heteroatoms. The lowest BCUT2D eigenvalue weighted by molar-refractivity contribution is 1.18. The predicted molar refractivity (Wildman–Crippen MR) is 223 cm³/mol. The zero-order chi connectivity index (χ0) is 34.5. The number of rotatable bonds is 6. The van der Waals surface area contributed by atoms with Gasteiger partial charge < -0.3 is 0 Å². The van der Waals surface area contributed by atoms with Crippen molar-refractivity contribution in [1.29, 1.82) is 0 Å². The first-order valence-electron chi connectivity index (χ1n) is 17.7. The molecule has 244 valence electrons. The standard InChI is InChI=1S/C48H38N2Si/c1-51(2,3)37-29-30-46(49-32-37)50(35-16-5-4-6-17-35)36-27-25-33(26-28-36)47-41-21-11-13-23-43(41)48(44-24-14-12-22-42(44)47)45-31-34-15-7-8-18-38(34)39-19-9-10-20-40(39)45/h4-32H,1-3H3. The van der Waals surface area contributed by atoms with Crippen molar-refractivity contribution in [3.8, 4) is 22.3 Å². The van der Waals surface area contributed by atoms with Crippen molar-refractivity contribution in [3.63, 3.8) is 0 Å². The molecule has 0 unspecified atom stereocenters. The van der Waals surface area contributed by atoms with E-state index in [1.165, 1.54) is 70.5 Å². The van der Waals surface area contributed by atoms with Crippen molar-refractivity contribution in [2.45, 2.75) is 19.6 Å². The average molecular weight is 671 g/mol. The minimum absolute atomic E-state index is 0.916. The summed E-state index contributed by atoms with van der Waals surface area (Å²) < 4.78 is 0. The first kappa shape index (κ1) is 31.0. The van der Waals surface area contributed by atoms with Gasteiger partial charge in [0.1, 0.15) is 5.82 Å². The van der Waals surface area contributed by atoms with Crippen LogP contribution >= 0.6 is 0 Å². The van der Waals surface area contributed by atoms with Crippen LogP contribution in [0.2, 0.25) is 19.6 Å². The van der Waals surface area contributed by atoms with E-state index in [0.717, 1.165) is 17.2 Å². The van der Waals surface area contributed by atoms with Crippen LogP contribution in [0.3, 0.4) is 0 Å². The second-order valence-corrected chi connectivity index (χ2v) is 19.5. The maximum Gasteiger partial charge on any atom is 0.137 e. The molecule has 0 radical (unpaired) electrons. The van der Waals surface area contributed by atoms with Gasteiger partial charge in [0.05, 0.1) is 8.07 Å². The molecule has 0 spiro atoms. The van der Waals surface area contributed by atoms with E-state index in [1.807, 2.05) is 0 Å². The molecule has 1 heterocycles. The van der Waals surface area contributed by atoms with Gasteiger partial charge in [0.25, 0.3) is 0 Å². The largest absolute Gasteiger partial charge is 0.295 e. The molecule has 0 aliphatic carbocycles. The van der Waals surface area contributed by atoms with Crippen molar-refractivity contribution in [3.05, 3.63) is 176 Å². The minimum Gasteiger partial charge on any atom is -0.295 e. The fraction of sp³-hybridized carbons (Fsp3) is 0.0625. The highest BCUT2D eigenvalue weighted by molar-refractivity contribution is 6.88. The van der Waals surface area contributed by atoms with Crippen LogP contribution in [0.5, 0.6) is 0 Å². The predicted octanol–water partition coefficient (Wildman–Crippen LogP) is 13.0. The molecular formula is C48H38N2Si. The third-order valence-corrected chi connectivity index (χ3v) is 12.3. The molecule has 9 rings (SSSR count). The Kier molecular flexibility index (Phi) is 7.52. The van der Waals surface area contributed by atoms with Crippen LogP contribution in [-0.2, 0) is 0 Å². The monoisotopic (exact) mass is 670 g/mol. The Bertz CT molecular complexity index is 2650. The van der Waals surface area contributed by atoms with Crippen LogP contribution in [-0.4, -0.2) is 13.1 Å². The molecule has 0 saturated heterocycles. The highest BCUT2D eigenvalue weighted by Crippen LogP contribution is 2.47. The number of hydrogen-bond donors (Lipinski definition) is 0. The van der Waals surface area contributed by atoms with Crippen LogP contribution in [0, 0.1) is 0 Å². The normalized spacial score (nSPS) is 11.8. The quantitative estimate of drug-likeness (QED) is 0.0994. The summed E-state index contributed by atoms with van der Waals surface area (Å²) in [5.74, 6) is 0.916. The first-order valence-corrected chi connectivity index (χ1v) is 21.2. The number of fused-ring (bicyclic) bond motifs is 5. The van der Waals surface area contributed by atoms with E-state index in [9.17, 15) is 0 Å². The van der Waals surface area contributed by atoms with Gasteiger partial charge >= 0.3 is 0 Å². The third kappa shape index (κ3) is 5.38. The van der Waals surface area contributed by atoms with Gasteiger partial charge in [-0.2, -0.15) is 0 Å². The number of aromatic nitrogens is 1. The zero-order valence-electron chi connectivity index (χ0n) is 29.1. The SMILES string of the molecule is C[Si](C)(C)c1ccc(N(c2ccccc2)c2ccc(-c3c4ccccc4c(-c4cc5ccccc5c5ccccc45)c4ccccc34)cc2)nc1. The summed E-state index contributed by atoms with van der Waals surface area (Å²) in [6, 6.07) is 61.9. The summed E-state index contributed by atoms with van der Waals surface area (Å²) in [4.78, 5) is 7.25. The Balaban J connectivity index is 1.24. The Morgan fingerprint density at radius 3 is 1.53 bits per heavy atom. The van der Waals surface area contributed by atoms with Gasteiger partial charge in [-0.15, -0.1) is 0 Å². The van der Waals surface area contributed by atoms with E-state index < -0.39 is 8.07 Å². The number of pyridine rings is 1. The van der Waals surface area contributed by atoms with E-state index in [4.69, 9.17) is 4.98 Å². The van der Waals surface area contributed by atoms with Crippen molar-refractivity contribution in [2.75, 3.05) is 4.90 Å². The second-order valence-electron chi connectivity index (χ2n) is 14.4. The number of hydrogen-bond acceptors (Lipinski definition) is 2. The van der Waals surface area contributed by atoms with Crippen LogP contribution < -0.4 is 10.1 Å². The smallest absolute Gasteiger partial charge is 0.137 e. The van der Waals surface area contributed by atoms with E-state index >= 15 is 0 Å². The maximum atomic E-state index is 5.00. The van der Waals surface area contributed by atoms with Crippen molar-refractivity contribution in [1.82, 2.24) is 4.98 Å². The highest BCUT2D eigenvalue weighted by atomic mass is 28.3. The van der Waals surface area contributed by atoms with Crippen molar-refractivity contribution < 1.29 is 0 Å². The number of anilines is 3. The van der Waals surface area contributed by atoms with Crippen LogP contribution in [0.1, 0.15) is 0 Å². The summed E-state index contributed by atoms with van der Waals surface area (Å²) in [7, 11) is -1.47. The van der Waals surface area contributed by atoms with Gasteiger partial charge in [-0.25, -0.2) is 4.98 Å². The topological polar surface area (TPSA) is 16.1 Å². The summed E-state index contributed by atoms with van der Waals surface area (Å²) in [5, 5.41) is 11.5. The summed E-state index contributed by atoms with van der Waals surface area (Å²) >= 11 is 0. The van der Waals surface area contributed by atoms with Gasteiger partial charge in [0.2, 0.25) is 0 Å². The van der Waals surface area contributed by atoms with Gasteiger partial charge in [-0.1, -0.05) is 153 Å². The van der Waals surface area contributed by atoms with E-state index in [-0.39, 0.29) is 0 Å². The van der Waals surface area contributed by atoms with E-state index in [0.29, 0.717) is 0 Å². The lowest BCUT2D eigenvalue weighted by Gasteiger charge is -2.26. The van der Waals surface area contributed by atoms with Gasteiger partial charge in [0, 0.05) is 17.6 Å². The fourth-order valence-electron chi connectivity index (χ4n) is 7.72. The lowest BCUT2D eigenvalue weighted by atomic mass is 9.84. The molecule has 0 N–H and O–H groups in total. The van der Waals surface area contributed by atoms with Gasteiger partial charge in [0.15, 0.2) is 0 Å². The lowest BCUT2D eigenvalue weighted by Crippen LogP contribution is -2.37. The third-order valence-electron chi connectivity index (χ3n) is 10.2. The fourth-order valence-corrected chi connectivity index (χ4v) is 8.76. The molecule has 0 saturated carbocycles. The molecular weight excluding hydrogens is 633 g/mol. The Morgan fingerprint density at radius 1 is 0.431 bits per heavy atom. The molecule has 2 nitrogen and oxygen atoms in total. The molecule has 0 aliphatic heterocycles. The molecule has 51 heavy (non-hydrogen) atoms. The Labute approximate surface area is 300 Å². The van der Waals surface area contributed by atoms with E-state index in [1.54, 1.807) is 0 Å².